The van der Waals surface area contributed by atoms with Crippen LogP contribution in [0.5, 0.6) is 0 Å². The molecule has 1 aromatic carbocycles. The molecular weight excluding hydrogens is 162 g/mol. The van der Waals surface area contributed by atoms with E-state index in [9.17, 15) is 0 Å². The number of ether oxygens (including phenoxy) is 1. The van der Waals surface area contributed by atoms with Crippen molar-refractivity contribution in [3.8, 4) is 0 Å². The number of methoxy groups -OCH3 is 1. The van der Waals surface area contributed by atoms with E-state index in [0.717, 1.165) is 11.1 Å². The fourth-order valence-electron chi connectivity index (χ4n) is 1.19. The van der Waals surface area contributed by atoms with Crippen LogP contribution in [0.25, 0.3) is 6.08 Å². The van der Waals surface area contributed by atoms with Gasteiger partial charge in [0.05, 0.1) is 12.6 Å². The summed E-state index contributed by atoms with van der Waals surface area (Å²) in [4.78, 5) is 0. The molecule has 0 aliphatic carbocycles. The summed E-state index contributed by atoms with van der Waals surface area (Å²) in [7, 11) is 1.65. The lowest BCUT2D eigenvalue weighted by Crippen LogP contribution is -2.15. The van der Waals surface area contributed by atoms with Crippen molar-refractivity contribution in [3.63, 3.8) is 0 Å². The lowest BCUT2D eigenvalue weighted by molar-refractivity contribution is 0.181. The van der Waals surface area contributed by atoms with Gasteiger partial charge in [-0.3, -0.25) is 0 Å². The molecule has 0 radical (unpaired) electrons. The zero-order valence-electron chi connectivity index (χ0n) is 7.86. The molecule has 2 heteroatoms. The summed E-state index contributed by atoms with van der Waals surface area (Å²) < 4.78 is 4.98. The average molecular weight is 177 g/mol. The van der Waals surface area contributed by atoms with Crippen molar-refractivity contribution in [1.82, 2.24) is 0 Å². The second-order valence-electron chi connectivity index (χ2n) is 2.94. The highest BCUT2D eigenvalue weighted by Gasteiger charge is 2.04. The van der Waals surface area contributed by atoms with Crippen molar-refractivity contribution < 1.29 is 4.74 Å². The molecule has 1 rings (SSSR count). The van der Waals surface area contributed by atoms with Gasteiger partial charge in [0.1, 0.15) is 0 Å². The van der Waals surface area contributed by atoms with Gasteiger partial charge in [-0.05, 0) is 11.1 Å². The molecule has 0 fully saturated rings. The van der Waals surface area contributed by atoms with Crippen LogP contribution in [0, 0.1) is 0 Å². The van der Waals surface area contributed by atoms with Gasteiger partial charge in [0.2, 0.25) is 0 Å². The molecule has 0 aliphatic rings. The number of rotatable bonds is 4. The largest absolute Gasteiger partial charge is 0.383 e. The minimum Gasteiger partial charge on any atom is -0.383 e. The molecule has 0 spiro atoms. The molecule has 2 N–H and O–H groups in total. The van der Waals surface area contributed by atoms with E-state index >= 15 is 0 Å². The van der Waals surface area contributed by atoms with E-state index in [1.54, 1.807) is 7.11 Å². The van der Waals surface area contributed by atoms with Crippen LogP contribution >= 0.6 is 0 Å². The minimum atomic E-state index is -0.0510. The highest BCUT2D eigenvalue weighted by Crippen LogP contribution is 2.13. The first kappa shape index (κ1) is 9.96. The maximum absolute atomic E-state index is 5.87. The van der Waals surface area contributed by atoms with E-state index < -0.39 is 0 Å². The highest BCUT2D eigenvalue weighted by atomic mass is 16.5. The Balaban J connectivity index is 2.81. The Morgan fingerprint density at radius 1 is 1.62 bits per heavy atom. The minimum absolute atomic E-state index is 0.0510. The van der Waals surface area contributed by atoms with Crippen LogP contribution in [-0.2, 0) is 4.74 Å². The maximum atomic E-state index is 5.87. The van der Waals surface area contributed by atoms with Crippen LogP contribution in [0.15, 0.2) is 30.8 Å². The Morgan fingerprint density at radius 3 is 3.00 bits per heavy atom. The topological polar surface area (TPSA) is 35.2 Å². The highest BCUT2D eigenvalue weighted by molar-refractivity contribution is 5.48. The standard InChI is InChI=1S/C11H15NO/c1-3-9-5-4-6-10(7-9)11(12)8-13-2/h3-7,11H,1,8,12H2,2H3. The first-order valence-electron chi connectivity index (χ1n) is 4.25. The predicted octanol–water partition coefficient (Wildman–Crippen LogP) is 1.98. The van der Waals surface area contributed by atoms with Crippen molar-refractivity contribution in [2.75, 3.05) is 13.7 Å². The third kappa shape index (κ3) is 2.68. The summed E-state index contributed by atoms with van der Waals surface area (Å²) in [6.45, 7) is 4.25. The van der Waals surface area contributed by atoms with Crippen LogP contribution < -0.4 is 5.73 Å². The van der Waals surface area contributed by atoms with E-state index in [2.05, 4.69) is 6.58 Å². The molecule has 0 bridgehead atoms. The smallest absolute Gasteiger partial charge is 0.0655 e. The molecule has 0 aliphatic heterocycles. The van der Waals surface area contributed by atoms with Gasteiger partial charge in [0.15, 0.2) is 0 Å². The third-order valence-electron chi connectivity index (χ3n) is 1.92. The lowest BCUT2D eigenvalue weighted by Gasteiger charge is -2.10. The molecular formula is C11H15NO. The van der Waals surface area contributed by atoms with Crippen molar-refractivity contribution in [3.05, 3.63) is 42.0 Å². The van der Waals surface area contributed by atoms with Crippen LogP contribution in [0.2, 0.25) is 0 Å². The van der Waals surface area contributed by atoms with Gasteiger partial charge >= 0.3 is 0 Å². The Labute approximate surface area is 79.0 Å². The number of nitrogens with two attached hydrogens (primary N) is 1. The van der Waals surface area contributed by atoms with Crippen LogP contribution in [0.3, 0.4) is 0 Å². The Hall–Kier alpha value is -1.12. The van der Waals surface area contributed by atoms with E-state index in [1.165, 1.54) is 0 Å². The van der Waals surface area contributed by atoms with Gasteiger partial charge in [0, 0.05) is 7.11 Å². The number of hydrogen-bond donors (Lipinski definition) is 1. The maximum Gasteiger partial charge on any atom is 0.0655 e. The van der Waals surface area contributed by atoms with E-state index in [0.29, 0.717) is 6.61 Å². The summed E-state index contributed by atoms with van der Waals surface area (Å²) in [5.41, 5.74) is 8.04. The molecule has 13 heavy (non-hydrogen) atoms. The van der Waals surface area contributed by atoms with Gasteiger partial charge in [-0.25, -0.2) is 0 Å². The Kier molecular flexibility index (Phi) is 3.68. The predicted molar refractivity (Wildman–Crippen MR) is 55.3 cm³/mol. The molecule has 70 valence electrons. The molecule has 2 nitrogen and oxygen atoms in total. The first-order valence-corrected chi connectivity index (χ1v) is 4.25. The first-order chi connectivity index (χ1) is 6.27. The zero-order valence-corrected chi connectivity index (χ0v) is 7.86. The monoisotopic (exact) mass is 177 g/mol. The van der Waals surface area contributed by atoms with Gasteiger partial charge < -0.3 is 10.5 Å². The lowest BCUT2D eigenvalue weighted by atomic mass is 10.1. The summed E-state index contributed by atoms with van der Waals surface area (Å²) >= 11 is 0. The fraction of sp³-hybridized carbons (Fsp3) is 0.273. The summed E-state index contributed by atoms with van der Waals surface area (Å²) in [6, 6.07) is 7.94. The van der Waals surface area contributed by atoms with Crippen molar-refractivity contribution in [1.29, 1.82) is 0 Å². The molecule has 1 aromatic rings. The van der Waals surface area contributed by atoms with Gasteiger partial charge in [0.25, 0.3) is 0 Å². The van der Waals surface area contributed by atoms with E-state index in [4.69, 9.17) is 10.5 Å². The van der Waals surface area contributed by atoms with Gasteiger partial charge in [-0.2, -0.15) is 0 Å². The van der Waals surface area contributed by atoms with Gasteiger partial charge in [-0.1, -0.05) is 36.9 Å². The zero-order chi connectivity index (χ0) is 9.68. The molecule has 0 amide bonds. The summed E-state index contributed by atoms with van der Waals surface area (Å²) in [5, 5.41) is 0. The number of benzene rings is 1. The SMILES string of the molecule is C=Cc1cccc(C(N)COC)c1. The second-order valence-corrected chi connectivity index (χ2v) is 2.94. The fourth-order valence-corrected chi connectivity index (χ4v) is 1.19. The van der Waals surface area contributed by atoms with E-state index in [1.807, 2.05) is 30.3 Å². The molecule has 0 heterocycles. The van der Waals surface area contributed by atoms with Crippen molar-refractivity contribution in [2.45, 2.75) is 6.04 Å². The van der Waals surface area contributed by atoms with Crippen LogP contribution in [0.1, 0.15) is 17.2 Å². The quantitative estimate of drug-likeness (QED) is 0.763. The Bertz CT molecular complexity index is 283. The van der Waals surface area contributed by atoms with Crippen molar-refractivity contribution >= 4 is 6.08 Å². The molecule has 0 saturated heterocycles. The van der Waals surface area contributed by atoms with Crippen LogP contribution in [-0.4, -0.2) is 13.7 Å². The molecule has 1 unspecified atom stereocenters. The second kappa shape index (κ2) is 4.80. The molecule has 0 aromatic heterocycles. The molecule has 1 atom stereocenters. The Morgan fingerprint density at radius 2 is 2.38 bits per heavy atom. The van der Waals surface area contributed by atoms with Gasteiger partial charge in [-0.15, -0.1) is 0 Å². The van der Waals surface area contributed by atoms with Crippen LogP contribution in [0.4, 0.5) is 0 Å². The normalized spacial score (nSPS) is 12.5. The average Bonchev–Trinajstić information content (AvgIpc) is 2.18. The summed E-state index contributed by atoms with van der Waals surface area (Å²) in [5.74, 6) is 0. The summed E-state index contributed by atoms with van der Waals surface area (Å²) in [6.07, 6.45) is 1.81. The van der Waals surface area contributed by atoms with Crippen molar-refractivity contribution in [2.24, 2.45) is 5.73 Å². The third-order valence-corrected chi connectivity index (χ3v) is 1.92. The molecule has 0 saturated carbocycles. The number of hydrogen-bond acceptors (Lipinski definition) is 2. The van der Waals surface area contributed by atoms with E-state index in [-0.39, 0.29) is 6.04 Å².